The second-order valence-electron chi connectivity index (χ2n) is 2.93. The second kappa shape index (κ2) is 4.51. The molecule has 3 heteroatoms. The highest BCUT2D eigenvalue weighted by atomic mass is 127. The average molecular weight is 254 g/mol. The predicted octanol–water partition coefficient (Wildman–Crippen LogP) is 1.40. The second-order valence-corrected chi connectivity index (χ2v) is 4.30. The van der Waals surface area contributed by atoms with Gasteiger partial charge in [-0.05, 0) is 31.7 Å². The Morgan fingerprint density at radius 3 is 2.50 bits per heavy atom. The van der Waals surface area contributed by atoms with Gasteiger partial charge in [-0.25, -0.2) is 3.11 Å². The van der Waals surface area contributed by atoms with Gasteiger partial charge in [-0.15, -0.1) is 0 Å². The Kier molecular flexibility index (Phi) is 3.95. The maximum absolute atomic E-state index is 5.48. The summed E-state index contributed by atoms with van der Waals surface area (Å²) in [6, 6.07) is 0. The van der Waals surface area contributed by atoms with Crippen molar-refractivity contribution >= 4 is 22.9 Å². The highest BCUT2D eigenvalue weighted by Crippen LogP contribution is 2.21. The number of piperidine rings is 1. The van der Waals surface area contributed by atoms with Crippen LogP contribution in [-0.4, -0.2) is 22.7 Å². The van der Waals surface area contributed by atoms with E-state index >= 15 is 0 Å². The lowest BCUT2D eigenvalue weighted by atomic mass is 9.95. The van der Waals surface area contributed by atoms with Gasteiger partial charge in [0.15, 0.2) is 0 Å². The van der Waals surface area contributed by atoms with Gasteiger partial charge < -0.3 is 5.73 Å². The van der Waals surface area contributed by atoms with E-state index in [4.69, 9.17) is 5.73 Å². The number of nitrogens with zero attached hydrogens (tertiary/aromatic N) is 1. The molecule has 1 saturated heterocycles. The van der Waals surface area contributed by atoms with Crippen LogP contribution in [0.4, 0.5) is 0 Å². The molecule has 0 aliphatic carbocycles. The number of rotatable bonds is 2. The van der Waals surface area contributed by atoms with Crippen molar-refractivity contribution in [3.63, 3.8) is 0 Å². The van der Waals surface area contributed by atoms with E-state index in [0.717, 1.165) is 12.5 Å². The van der Waals surface area contributed by atoms with E-state index in [2.05, 4.69) is 26.0 Å². The summed E-state index contributed by atoms with van der Waals surface area (Å²) in [4.78, 5) is 0. The Bertz CT molecular complexity index is 89.6. The maximum Gasteiger partial charge on any atom is 0.0201 e. The van der Waals surface area contributed by atoms with Crippen molar-refractivity contribution in [2.24, 2.45) is 11.7 Å². The molecular weight excluding hydrogens is 239 g/mol. The van der Waals surface area contributed by atoms with Gasteiger partial charge in [-0.3, -0.25) is 0 Å². The van der Waals surface area contributed by atoms with E-state index < -0.39 is 0 Å². The van der Waals surface area contributed by atoms with Crippen molar-refractivity contribution in [3.8, 4) is 0 Å². The van der Waals surface area contributed by atoms with Gasteiger partial charge in [0.1, 0.15) is 0 Å². The van der Waals surface area contributed by atoms with E-state index in [9.17, 15) is 0 Å². The fourth-order valence-corrected chi connectivity index (χ4v) is 1.98. The van der Waals surface area contributed by atoms with Gasteiger partial charge in [0.05, 0.1) is 0 Å². The van der Waals surface area contributed by atoms with Gasteiger partial charge in [-0.2, -0.15) is 0 Å². The molecule has 0 atom stereocenters. The van der Waals surface area contributed by atoms with Crippen LogP contribution in [0.2, 0.25) is 0 Å². The number of nitrogens with two attached hydrogens (primary N) is 1. The zero-order valence-corrected chi connectivity index (χ0v) is 8.38. The first-order valence-corrected chi connectivity index (χ1v) is 4.90. The van der Waals surface area contributed by atoms with Crippen LogP contribution in [-0.2, 0) is 0 Å². The first kappa shape index (κ1) is 8.74. The largest absolute Gasteiger partial charge is 0.330 e. The Morgan fingerprint density at radius 2 is 2.00 bits per heavy atom. The molecule has 60 valence electrons. The van der Waals surface area contributed by atoms with E-state index in [-0.39, 0.29) is 0 Å². The van der Waals surface area contributed by atoms with Gasteiger partial charge in [0.2, 0.25) is 0 Å². The van der Waals surface area contributed by atoms with Crippen molar-refractivity contribution in [2.45, 2.75) is 19.3 Å². The monoisotopic (exact) mass is 254 g/mol. The minimum Gasteiger partial charge on any atom is -0.330 e. The minimum absolute atomic E-state index is 0.867. The fraction of sp³-hybridized carbons (Fsp3) is 1.00. The van der Waals surface area contributed by atoms with Crippen LogP contribution in [0.1, 0.15) is 19.3 Å². The van der Waals surface area contributed by atoms with Crippen molar-refractivity contribution in [3.05, 3.63) is 0 Å². The van der Waals surface area contributed by atoms with Gasteiger partial charge in [0.25, 0.3) is 0 Å². The molecule has 0 spiro atoms. The Balaban J connectivity index is 2.13. The molecule has 1 fully saturated rings. The van der Waals surface area contributed by atoms with E-state index in [0.29, 0.717) is 0 Å². The smallest absolute Gasteiger partial charge is 0.0201 e. The highest BCUT2D eigenvalue weighted by Gasteiger charge is 2.15. The van der Waals surface area contributed by atoms with E-state index in [1.165, 1.54) is 32.4 Å². The summed E-state index contributed by atoms with van der Waals surface area (Å²) in [6.45, 7) is 3.38. The number of hydrogen-bond acceptors (Lipinski definition) is 2. The molecule has 0 aromatic carbocycles. The molecule has 0 saturated carbocycles. The normalized spacial score (nSPS) is 23.4. The van der Waals surface area contributed by atoms with E-state index in [1.54, 1.807) is 0 Å². The summed E-state index contributed by atoms with van der Waals surface area (Å²) in [6.07, 6.45) is 3.92. The van der Waals surface area contributed by atoms with Crippen LogP contribution in [0.15, 0.2) is 0 Å². The fourth-order valence-electron chi connectivity index (χ4n) is 1.43. The highest BCUT2D eigenvalue weighted by molar-refractivity contribution is 14.1. The molecule has 0 aromatic rings. The van der Waals surface area contributed by atoms with Crippen molar-refractivity contribution in [1.82, 2.24) is 3.11 Å². The predicted molar refractivity (Wildman–Crippen MR) is 52.0 cm³/mol. The summed E-state index contributed by atoms with van der Waals surface area (Å²) in [7, 11) is 0. The Labute approximate surface area is 76.6 Å². The lowest BCUT2D eigenvalue weighted by molar-refractivity contribution is 0.298. The third-order valence-corrected chi connectivity index (χ3v) is 3.10. The molecule has 10 heavy (non-hydrogen) atoms. The van der Waals surface area contributed by atoms with E-state index in [1.807, 2.05) is 0 Å². The molecular formula is C7H15IN2. The maximum atomic E-state index is 5.48. The van der Waals surface area contributed by atoms with Crippen molar-refractivity contribution in [2.75, 3.05) is 19.6 Å². The topological polar surface area (TPSA) is 29.3 Å². The van der Waals surface area contributed by atoms with Crippen molar-refractivity contribution < 1.29 is 0 Å². The first-order chi connectivity index (χ1) is 4.83. The van der Waals surface area contributed by atoms with Crippen LogP contribution in [0.5, 0.6) is 0 Å². The quantitative estimate of drug-likeness (QED) is 0.596. The first-order valence-electron chi connectivity index (χ1n) is 3.93. The SMILES string of the molecule is NCCC1CCN(I)CC1. The van der Waals surface area contributed by atoms with Crippen LogP contribution >= 0.6 is 22.9 Å². The standard InChI is InChI=1S/C7H15IN2/c8-10-5-2-7(1-4-9)3-6-10/h7H,1-6,9H2. The molecule has 2 nitrogen and oxygen atoms in total. The molecule has 1 rings (SSSR count). The van der Waals surface area contributed by atoms with Crippen LogP contribution < -0.4 is 5.73 Å². The van der Waals surface area contributed by atoms with Gasteiger partial charge >= 0.3 is 0 Å². The van der Waals surface area contributed by atoms with Crippen LogP contribution in [0, 0.1) is 5.92 Å². The summed E-state index contributed by atoms with van der Waals surface area (Å²) >= 11 is 2.40. The Hall–Kier alpha value is 0.650. The summed E-state index contributed by atoms with van der Waals surface area (Å²) in [5.41, 5.74) is 5.48. The van der Waals surface area contributed by atoms with Crippen molar-refractivity contribution in [1.29, 1.82) is 0 Å². The minimum atomic E-state index is 0.867. The zero-order valence-electron chi connectivity index (χ0n) is 6.22. The molecule has 1 aliphatic rings. The average Bonchev–Trinajstić information content (AvgIpc) is 1.95. The summed E-state index contributed by atoms with van der Waals surface area (Å²) < 4.78 is 2.37. The zero-order chi connectivity index (χ0) is 7.40. The lowest BCUT2D eigenvalue weighted by Crippen LogP contribution is -2.26. The molecule has 2 N–H and O–H groups in total. The molecule has 1 aliphatic heterocycles. The molecule has 0 bridgehead atoms. The summed E-state index contributed by atoms with van der Waals surface area (Å²) in [5, 5.41) is 0. The third kappa shape index (κ3) is 2.72. The molecule has 0 radical (unpaired) electrons. The third-order valence-electron chi connectivity index (χ3n) is 2.13. The molecule has 0 unspecified atom stereocenters. The molecule has 0 aromatic heterocycles. The van der Waals surface area contributed by atoms with Crippen LogP contribution in [0.3, 0.4) is 0 Å². The van der Waals surface area contributed by atoms with Crippen LogP contribution in [0.25, 0.3) is 0 Å². The van der Waals surface area contributed by atoms with Gasteiger partial charge in [0, 0.05) is 36.0 Å². The number of halogens is 1. The Morgan fingerprint density at radius 1 is 1.40 bits per heavy atom. The lowest BCUT2D eigenvalue weighted by Gasteiger charge is -2.26. The molecule has 0 amide bonds. The number of hydrogen-bond donors (Lipinski definition) is 1. The van der Waals surface area contributed by atoms with Gasteiger partial charge in [-0.1, -0.05) is 0 Å². The molecule has 1 heterocycles. The summed E-state index contributed by atoms with van der Waals surface area (Å²) in [5.74, 6) is 0.913.